The highest BCUT2D eigenvalue weighted by Crippen LogP contribution is 1.98. The number of carbonyl (C=O) groups is 1. The van der Waals surface area contributed by atoms with E-state index in [9.17, 15) is 4.79 Å². The van der Waals surface area contributed by atoms with Crippen LogP contribution in [0.25, 0.3) is 0 Å². The number of rotatable bonds is 3. The lowest BCUT2D eigenvalue weighted by Gasteiger charge is -2.00. The van der Waals surface area contributed by atoms with Crippen LogP contribution < -0.4 is 0 Å². The molecule has 0 spiro atoms. The third-order valence-electron chi connectivity index (χ3n) is 1.26. The molecule has 1 aromatic heterocycles. The summed E-state index contributed by atoms with van der Waals surface area (Å²) in [4.78, 5) is 17.5. The van der Waals surface area contributed by atoms with Gasteiger partial charge in [0.2, 0.25) is 0 Å². The number of aromatic amines is 1. The molecule has 1 heterocycles. The fraction of sp³-hybridized carbons (Fsp3) is 0.250. The smallest absolute Gasteiger partial charge is 0.333 e. The molecule has 0 fully saturated rings. The normalized spacial score (nSPS) is 9.42. The van der Waals surface area contributed by atoms with Crippen molar-refractivity contribution < 1.29 is 9.53 Å². The lowest BCUT2D eigenvalue weighted by molar-refractivity contribution is -0.140. The first-order valence-corrected chi connectivity index (χ1v) is 3.50. The van der Waals surface area contributed by atoms with E-state index in [1.165, 1.54) is 6.33 Å². The van der Waals surface area contributed by atoms with Crippen molar-refractivity contribution in [3.05, 3.63) is 30.4 Å². The first kappa shape index (κ1) is 8.52. The molecule has 0 saturated carbocycles. The highest BCUT2D eigenvalue weighted by Gasteiger charge is 2.03. The Morgan fingerprint density at radius 1 is 1.83 bits per heavy atom. The van der Waals surface area contributed by atoms with Gasteiger partial charge in [0.15, 0.2) is 0 Å². The monoisotopic (exact) mass is 166 g/mol. The van der Waals surface area contributed by atoms with Crippen LogP contribution in [-0.2, 0) is 16.1 Å². The zero-order valence-electron chi connectivity index (χ0n) is 6.83. The van der Waals surface area contributed by atoms with Gasteiger partial charge in [-0.2, -0.15) is 0 Å². The number of aromatic nitrogens is 2. The second-order valence-corrected chi connectivity index (χ2v) is 2.43. The van der Waals surface area contributed by atoms with E-state index in [2.05, 4.69) is 16.5 Å². The van der Waals surface area contributed by atoms with E-state index in [1.54, 1.807) is 13.1 Å². The maximum atomic E-state index is 10.9. The Kier molecular flexibility index (Phi) is 2.63. The maximum absolute atomic E-state index is 10.9. The fourth-order valence-electron chi connectivity index (χ4n) is 0.630. The summed E-state index contributed by atoms with van der Waals surface area (Å²) in [6, 6.07) is 0. The van der Waals surface area contributed by atoms with Crippen LogP contribution >= 0.6 is 0 Å². The predicted octanol–water partition coefficient (Wildman–Crippen LogP) is 1.03. The Morgan fingerprint density at radius 3 is 3.08 bits per heavy atom. The number of hydrogen-bond acceptors (Lipinski definition) is 3. The van der Waals surface area contributed by atoms with Crippen LogP contribution in [-0.4, -0.2) is 15.9 Å². The van der Waals surface area contributed by atoms with E-state index in [1.807, 2.05) is 0 Å². The third kappa shape index (κ3) is 2.23. The van der Waals surface area contributed by atoms with Gasteiger partial charge in [-0.15, -0.1) is 0 Å². The number of imidazole rings is 1. The highest BCUT2D eigenvalue weighted by molar-refractivity contribution is 5.86. The van der Waals surface area contributed by atoms with Crippen LogP contribution in [0.15, 0.2) is 24.7 Å². The van der Waals surface area contributed by atoms with Crippen molar-refractivity contribution in [2.24, 2.45) is 0 Å². The fourth-order valence-corrected chi connectivity index (χ4v) is 0.630. The number of ether oxygens (including phenoxy) is 1. The Morgan fingerprint density at radius 2 is 2.58 bits per heavy atom. The van der Waals surface area contributed by atoms with Crippen molar-refractivity contribution in [3.8, 4) is 0 Å². The van der Waals surface area contributed by atoms with Crippen molar-refractivity contribution in [1.29, 1.82) is 0 Å². The largest absolute Gasteiger partial charge is 0.456 e. The molecule has 0 amide bonds. The van der Waals surface area contributed by atoms with Gasteiger partial charge in [-0.05, 0) is 6.92 Å². The van der Waals surface area contributed by atoms with Crippen molar-refractivity contribution in [3.63, 3.8) is 0 Å². The molecule has 0 aliphatic rings. The van der Waals surface area contributed by atoms with Gasteiger partial charge < -0.3 is 9.72 Å². The minimum absolute atomic E-state index is 0.214. The van der Waals surface area contributed by atoms with Gasteiger partial charge in [0, 0.05) is 5.57 Å². The topological polar surface area (TPSA) is 55.0 Å². The summed E-state index contributed by atoms with van der Waals surface area (Å²) in [5.74, 6) is -0.385. The Hall–Kier alpha value is -1.58. The van der Waals surface area contributed by atoms with E-state index in [0.29, 0.717) is 5.57 Å². The molecular weight excluding hydrogens is 156 g/mol. The average molecular weight is 166 g/mol. The quantitative estimate of drug-likeness (QED) is 0.539. The average Bonchev–Trinajstić information content (AvgIpc) is 2.51. The summed E-state index contributed by atoms with van der Waals surface area (Å²) < 4.78 is 4.84. The third-order valence-corrected chi connectivity index (χ3v) is 1.26. The van der Waals surface area contributed by atoms with Crippen LogP contribution in [0, 0.1) is 0 Å². The highest BCUT2D eigenvalue weighted by atomic mass is 16.5. The lowest BCUT2D eigenvalue weighted by Crippen LogP contribution is -2.04. The number of hydrogen-bond donors (Lipinski definition) is 1. The molecular formula is C8H10N2O2. The number of esters is 1. The van der Waals surface area contributed by atoms with Crippen LogP contribution in [0.4, 0.5) is 0 Å². The van der Waals surface area contributed by atoms with E-state index in [0.717, 1.165) is 5.69 Å². The number of nitrogens with one attached hydrogen (secondary N) is 1. The zero-order valence-corrected chi connectivity index (χ0v) is 6.83. The van der Waals surface area contributed by atoms with Gasteiger partial charge in [0.05, 0.1) is 18.2 Å². The Balaban J connectivity index is 2.37. The molecule has 1 rings (SSSR count). The molecule has 0 atom stereocenters. The van der Waals surface area contributed by atoms with Crippen LogP contribution in [0.5, 0.6) is 0 Å². The molecule has 4 nitrogen and oxygen atoms in total. The van der Waals surface area contributed by atoms with Crippen molar-refractivity contribution in [2.45, 2.75) is 13.5 Å². The summed E-state index contributed by atoms with van der Waals surface area (Å²) in [5.41, 5.74) is 1.17. The SMILES string of the molecule is C=C(C)C(=O)OCc1cnc[nH]1. The Bertz CT molecular complexity index is 277. The molecule has 0 bridgehead atoms. The summed E-state index contributed by atoms with van der Waals surface area (Å²) in [7, 11) is 0. The molecule has 0 radical (unpaired) electrons. The number of carbonyl (C=O) groups excluding carboxylic acids is 1. The lowest BCUT2D eigenvalue weighted by atomic mass is 10.4. The molecule has 64 valence electrons. The molecule has 0 aliphatic carbocycles. The minimum atomic E-state index is -0.385. The van der Waals surface area contributed by atoms with Crippen LogP contribution in [0.1, 0.15) is 12.6 Å². The molecule has 4 heteroatoms. The van der Waals surface area contributed by atoms with Crippen molar-refractivity contribution in [1.82, 2.24) is 9.97 Å². The van der Waals surface area contributed by atoms with E-state index in [-0.39, 0.29) is 12.6 Å². The second kappa shape index (κ2) is 3.71. The van der Waals surface area contributed by atoms with Gasteiger partial charge in [-0.3, -0.25) is 0 Å². The summed E-state index contributed by atoms with van der Waals surface area (Å²) in [5, 5.41) is 0. The van der Waals surface area contributed by atoms with Gasteiger partial charge in [0.1, 0.15) is 6.61 Å². The summed E-state index contributed by atoms with van der Waals surface area (Å²) in [6.07, 6.45) is 3.13. The van der Waals surface area contributed by atoms with E-state index in [4.69, 9.17) is 4.74 Å². The van der Waals surface area contributed by atoms with Crippen molar-refractivity contribution in [2.75, 3.05) is 0 Å². The standard InChI is InChI=1S/C8H10N2O2/c1-6(2)8(11)12-4-7-3-9-5-10-7/h3,5H,1,4H2,2H3,(H,9,10). The van der Waals surface area contributed by atoms with Gasteiger partial charge in [-0.25, -0.2) is 9.78 Å². The molecule has 1 aromatic rings. The molecule has 0 aromatic carbocycles. The van der Waals surface area contributed by atoms with Crippen molar-refractivity contribution >= 4 is 5.97 Å². The predicted molar refractivity (Wildman–Crippen MR) is 43.2 cm³/mol. The van der Waals surface area contributed by atoms with E-state index < -0.39 is 0 Å². The summed E-state index contributed by atoms with van der Waals surface area (Å²) in [6.45, 7) is 5.28. The maximum Gasteiger partial charge on any atom is 0.333 e. The molecule has 0 unspecified atom stereocenters. The first-order valence-electron chi connectivity index (χ1n) is 3.50. The number of H-pyrrole nitrogens is 1. The van der Waals surface area contributed by atoms with Gasteiger partial charge in [0.25, 0.3) is 0 Å². The number of nitrogens with zero attached hydrogens (tertiary/aromatic N) is 1. The summed E-state index contributed by atoms with van der Waals surface area (Å²) >= 11 is 0. The molecule has 0 saturated heterocycles. The van der Waals surface area contributed by atoms with Gasteiger partial charge >= 0.3 is 5.97 Å². The molecule has 0 aliphatic heterocycles. The molecule has 12 heavy (non-hydrogen) atoms. The first-order chi connectivity index (χ1) is 5.70. The van der Waals surface area contributed by atoms with E-state index >= 15 is 0 Å². The second-order valence-electron chi connectivity index (χ2n) is 2.43. The minimum Gasteiger partial charge on any atom is -0.456 e. The van der Waals surface area contributed by atoms with Crippen LogP contribution in [0.3, 0.4) is 0 Å². The molecule has 1 N–H and O–H groups in total. The van der Waals surface area contributed by atoms with Crippen LogP contribution in [0.2, 0.25) is 0 Å². The zero-order chi connectivity index (χ0) is 8.97. The Labute approximate surface area is 70.3 Å². The van der Waals surface area contributed by atoms with Gasteiger partial charge in [-0.1, -0.05) is 6.58 Å².